The van der Waals surface area contributed by atoms with Crippen molar-refractivity contribution in [3.05, 3.63) is 33.8 Å². The first-order chi connectivity index (χ1) is 13.0. The summed E-state index contributed by atoms with van der Waals surface area (Å²) in [5.41, 5.74) is 1.07. The first kappa shape index (κ1) is 24.3. The van der Waals surface area contributed by atoms with E-state index in [1.54, 1.807) is 32.6 Å². The van der Waals surface area contributed by atoms with Crippen LogP contribution in [-0.4, -0.2) is 45.4 Å². The minimum absolute atomic E-state index is 0. The van der Waals surface area contributed by atoms with Crippen LogP contribution in [-0.2, 0) is 6.54 Å². The number of aryl methyl sites for hydroxylation is 2. The van der Waals surface area contributed by atoms with Crippen molar-refractivity contribution in [2.75, 3.05) is 34.4 Å². The van der Waals surface area contributed by atoms with Crippen molar-refractivity contribution in [3.63, 3.8) is 0 Å². The van der Waals surface area contributed by atoms with Crippen LogP contribution in [0.4, 0.5) is 0 Å². The number of aliphatic imine (C=N–C) groups is 1. The molecule has 2 N–H and O–H groups in total. The van der Waals surface area contributed by atoms with Crippen molar-refractivity contribution in [1.29, 1.82) is 0 Å². The number of nitrogens with zero attached hydrogens (tertiary/aromatic N) is 2. The molecule has 0 saturated heterocycles. The van der Waals surface area contributed by atoms with E-state index in [1.165, 1.54) is 4.88 Å². The summed E-state index contributed by atoms with van der Waals surface area (Å²) in [6.07, 6.45) is 0.832. The highest BCUT2D eigenvalue weighted by molar-refractivity contribution is 14.0. The van der Waals surface area contributed by atoms with Gasteiger partial charge in [0.25, 0.3) is 0 Å². The molecule has 28 heavy (non-hydrogen) atoms. The molecule has 0 radical (unpaired) electrons. The van der Waals surface area contributed by atoms with Crippen LogP contribution in [0.15, 0.2) is 23.2 Å². The SMILES string of the molecule is CN=C(NCCCOc1cc(OC)cc(OC)c1)NCc1sc(C)nc1C.I. The average molecular weight is 520 g/mol. The summed E-state index contributed by atoms with van der Waals surface area (Å²) in [6, 6.07) is 5.50. The molecule has 0 aliphatic heterocycles. The monoisotopic (exact) mass is 520 g/mol. The van der Waals surface area contributed by atoms with Crippen LogP contribution in [0, 0.1) is 13.8 Å². The van der Waals surface area contributed by atoms with E-state index in [0.717, 1.165) is 41.9 Å². The van der Waals surface area contributed by atoms with Crippen molar-refractivity contribution < 1.29 is 14.2 Å². The van der Waals surface area contributed by atoms with Crippen LogP contribution in [0.3, 0.4) is 0 Å². The fourth-order valence-corrected chi connectivity index (χ4v) is 3.33. The molecule has 9 heteroatoms. The van der Waals surface area contributed by atoms with Gasteiger partial charge in [-0.2, -0.15) is 0 Å². The highest BCUT2D eigenvalue weighted by Crippen LogP contribution is 2.27. The molecule has 1 aromatic heterocycles. The third-order valence-corrected chi connectivity index (χ3v) is 4.92. The molecular formula is C19H29IN4O3S. The average Bonchev–Trinajstić information content (AvgIpc) is 3.00. The number of thiazole rings is 1. The molecular weight excluding hydrogens is 491 g/mol. The van der Waals surface area contributed by atoms with Crippen LogP contribution in [0.25, 0.3) is 0 Å². The van der Waals surface area contributed by atoms with E-state index in [4.69, 9.17) is 14.2 Å². The smallest absolute Gasteiger partial charge is 0.191 e. The third-order valence-electron chi connectivity index (χ3n) is 3.85. The van der Waals surface area contributed by atoms with E-state index in [9.17, 15) is 0 Å². The van der Waals surface area contributed by atoms with Crippen LogP contribution in [0.5, 0.6) is 17.2 Å². The van der Waals surface area contributed by atoms with Gasteiger partial charge in [0.1, 0.15) is 17.2 Å². The van der Waals surface area contributed by atoms with Crippen molar-refractivity contribution in [2.45, 2.75) is 26.8 Å². The van der Waals surface area contributed by atoms with Gasteiger partial charge in [-0.3, -0.25) is 4.99 Å². The van der Waals surface area contributed by atoms with E-state index >= 15 is 0 Å². The van der Waals surface area contributed by atoms with Gasteiger partial charge in [-0.1, -0.05) is 0 Å². The van der Waals surface area contributed by atoms with Crippen molar-refractivity contribution >= 4 is 41.3 Å². The fourth-order valence-electron chi connectivity index (χ4n) is 2.46. The Bertz CT molecular complexity index is 745. The molecule has 0 saturated carbocycles. The molecule has 1 heterocycles. The van der Waals surface area contributed by atoms with Crippen molar-refractivity contribution in [3.8, 4) is 17.2 Å². The minimum atomic E-state index is 0. The largest absolute Gasteiger partial charge is 0.496 e. The topological polar surface area (TPSA) is 77.0 Å². The molecule has 7 nitrogen and oxygen atoms in total. The van der Waals surface area contributed by atoms with Gasteiger partial charge in [0.2, 0.25) is 0 Å². The second-order valence-corrected chi connectivity index (χ2v) is 7.13. The Kier molecular flexibility index (Phi) is 11.0. The van der Waals surface area contributed by atoms with Gasteiger partial charge in [0.05, 0.1) is 38.1 Å². The lowest BCUT2D eigenvalue weighted by atomic mass is 10.3. The number of halogens is 1. The van der Waals surface area contributed by atoms with Crippen molar-refractivity contribution in [2.24, 2.45) is 4.99 Å². The van der Waals surface area contributed by atoms with Gasteiger partial charge in [-0.15, -0.1) is 35.3 Å². The zero-order valence-electron chi connectivity index (χ0n) is 17.0. The number of ether oxygens (including phenoxy) is 3. The van der Waals surface area contributed by atoms with Crippen molar-refractivity contribution in [1.82, 2.24) is 15.6 Å². The maximum atomic E-state index is 5.79. The zero-order chi connectivity index (χ0) is 19.6. The highest BCUT2D eigenvalue weighted by Gasteiger charge is 2.06. The number of hydrogen-bond acceptors (Lipinski definition) is 6. The van der Waals surface area contributed by atoms with Crippen LogP contribution in [0.2, 0.25) is 0 Å². The summed E-state index contributed by atoms with van der Waals surface area (Å²) in [5, 5.41) is 7.69. The molecule has 0 aliphatic rings. The molecule has 0 bridgehead atoms. The molecule has 156 valence electrons. The Morgan fingerprint density at radius 1 is 1.07 bits per heavy atom. The molecule has 1 aromatic carbocycles. The summed E-state index contributed by atoms with van der Waals surface area (Å²) in [4.78, 5) is 9.91. The Hall–Kier alpha value is -1.75. The molecule has 0 fully saturated rings. The standard InChI is InChI=1S/C19H28N4O3S.HI/c1-13-18(27-14(2)23-13)12-22-19(20-3)21-7-6-8-26-17-10-15(24-4)9-16(11-17)25-5;/h9-11H,6-8,12H2,1-5H3,(H2,20,21,22);1H. The van der Waals surface area contributed by atoms with E-state index in [-0.39, 0.29) is 24.0 Å². The normalized spacial score (nSPS) is 10.8. The lowest BCUT2D eigenvalue weighted by Gasteiger charge is -2.12. The third kappa shape index (κ3) is 7.70. The number of methoxy groups -OCH3 is 2. The van der Waals surface area contributed by atoms with E-state index < -0.39 is 0 Å². The number of aromatic nitrogens is 1. The van der Waals surface area contributed by atoms with E-state index in [2.05, 4.69) is 20.6 Å². The van der Waals surface area contributed by atoms with Gasteiger partial charge in [-0.25, -0.2) is 4.98 Å². The molecule has 0 spiro atoms. The first-order valence-electron chi connectivity index (χ1n) is 8.79. The van der Waals surface area contributed by atoms with Crippen LogP contribution >= 0.6 is 35.3 Å². The Labute approximate surface area is 187 Å². The number of hydrogen-bond donors (Lipinski definition) is 2. The predicted octanol–water partition coefficient (Wildman–Crippen LogP) is 3.53. The molecule has 0 atom stereocenters. The van der Waals surface area contributed by atoms with Gasteiger partial charge in [0, 0.05) is 36.7 Å². The van der Waals surface area contributed by atoms with Crippen LogP contribution < -0.4 is 24.8 Å². The number of guanidine groups is 1. The fraction of sp³-hybridized carbons (Fsp3) is 0.474. The number of benzene rings is 1. The Balaban J connectivity index is 0.00000392. The lowest BCUT2D eigenvalue weighted by Crippen LogP contribution is -2.37. The summed E-state index contributed by atoms with van der Waals surface area (Å²) >= 11 is 1.71. The van der Waals surface area contributed by atoms with Gasteiger partial charge in [0.15, 0.2) is 5.96 Å². The molecule has 0 aliphatic carbocycles. The summed E-state index contributed by atoms with van der Waals surface area (Å²) in [5.74, 6) is 2.91. The summed E-state index contributed by atoms with van der Waals surface area (Å²) in [6.45, 7) is 6.10. The number of rotatable bonds is 9. The van der Waals surface area contributed by atoms with Gasteiger partial charge in [-0.05, 0) is 20.3 Å². The van der Waals surface area contributed by atoms with E-state index in [1.807, 2.05) is 32.0 Å². The summed E-state index contributed by atoms with van der Waals surface area (Å²) < 4.78 is 16.3. The second-order valence-electron chi connectivity index (χ2n) is 5.84. The summed E-state index contributed by atoms with van der Waals surface area (Å²) in [7, 11) is 5.01. The Morgan fingerprint density at radius 2 is 1.71 bits per heavy atom. The number of nitrogens with one attached hydrogen (secondary N) is 2. The van der Waals surface area contributed by atoms with Crippen LogP contribution in [0.1, 0.15) is 22.0 Å². The predicted molar refractivity (Wildman–Crippen MR) is 125 cm³/mol. The molecule has 2 rings (SSSR count). The minimum Gasteiger partial charge on any atom is -0.496 e. The molecule has 0 amide bonds. The zero-order valence-corrected chi connectivity index (χ0v) is 20.1. The molecule has 0 unspecified atom stereocenters. The van der Waals surface area contributed by atoms with Gasteiger partial charge < -0.3 is 24.8 Å². The first-order valence-corrected chi connectivity index (χ1v) is 9.60. The maximum absolute atomic E-state index is 5.79. The highest BCUT2D eigenvalue weighted by atomic mass is 127. The van der Waals surface area contributed by atoms with Gasteiger partial charge >= 0.3 is 0 Å². The Morgan fingerprint density at radius 3 is 2.25 bits per heavy atom. The maximum Gasteiger partial charge on any atom is 0.191 e. The van der Waals surface area contributed by atoms with E-state index in [0.29, 0.717) is 18.1 Å². The second kappa shape index (κ2) is 12.7. The molecule has 2 aromatic rings. The quantitative estimate of drug-likeness (QED) is 0.228. The lowest BCUT2D eigenvalue weighted by molar-refractivity contribution is 0.305.